The highest BCUT2D eigenvalue weighted by Gasteiger charge is 2.13. The molecule has 0 aliphatic heterocycles. The Balaban J connectivity index is 3.03. The zero-order valence-corrected chi connectivity index (χ0v) is 6.94. The number of hydrogen-bond donors (Lipinski definition) is 0. The number of carbonyl (C=O) groups is 1. The van der Waals surface area contributed by atoms with E-state index in [-0.39, 0.29) is 5.22 Å². The predicted octanol–water partition coefficient (Wildman–Crippen LogP) is 2.03. The van der Waals surface area contributed by atoms with Crippen LogP contribution in [-0.2, 0) is 4.74 Å². The standard InChI is InChI=1S/C7H7ClO3/c1-4-5(7(9)10-2)3-6(8)11-4/h3H,1-2H3. The Kier molecular flexibility index (Phi) is 2.19. The van der Waals surface area contributed by atoms with E-state index in [0.717, 1.165) is 0 Å². The third kappa shape index (κ3) is 1.54. The lowest BCUT2D eigenvalue weighted by Gasteiger charge is -1.93. The van der Waals surface area contributed by atoms with Crippen LogP contribution >= 0.6 is 11.6 Å². The van der Waals surface area contributed by atoms with Crippen molar-refractivity contribution in [3.8, 4) is 0 Å². The van der Waals surface area contributed by atoms with Crippen molar-refractivity contribution in [3.05, 3.63) is 22.6 Å². The molecule has 0 aliphatic rings. The van der Waals surface area contributed by atoms with Gasteiger partial charge < -0.3 is 9.15 Å². The van der Waals surface area contributed by atoms with E-state index in [2.05, 4.69) is 4.74 Å². The first kappa shape index (κ1) is 8.14. The molecule has 11 heavy (non-hydrogen) atoms. The van der Waals surface area contributed by atoms with Crippen LogP contribution in [0.1, 0.15) is 16.1 Å². The minimum Gasteiger partial charge on any atom is -0.465 e. The molecule has 0 saturated heterocycles. The SMILES string of the molecule is COC(=O)c1cc(Cl)oc1C. The van der Waals surface area contributed by atoms with Gasteiger partial charge >= 0.3 is 5.97 Å². The van der Waals surface area contributed by atoms with Gasteiger partial charge in [0.15, 0.2) is 5.22 Å². The lowest BCUT2D eigenvalue weighted by atomic mass is 10.3. The highest BCUT2D eigenvalue weighted by molar-refractivity contribution is 6.29. The molecule has 0 fully saturated rings. The minimum absolute atomic E-state index is 0.197. The molecular weight excluding hydrogens is 168 g/mol. The van der Waals surface area contributed by atoms with Crippen molar-refractivity contribution >= 4 is 17.6 Å². The summed E-state index contributed by atoms with van der Waals surface area (Å²) in [6.45, 7) is 1.65. The van der Waals surface area contributed by atoms with E-state index in [1.165, 1.54) is 13.2 Å². The minimum atomic E-state index is -0.432. The smallest absolute Gasteiger partial charge is 0.341 e. The van der Waals surface area contributed by atoms with Crippen molar-refractivity contribution in [1.82, 2.24) is 0 Å². The fourth-order valence-corrected chi connectivity index (χ4v) is 0.983. The van der Waals surface area contributed by atoms with Crippen LogP contribution in [0, 0.1) is 6.92 Å². The van der Waals surface area contributed by atoms with Crippen molar-refractivity contribution in [3.63, 3.8) is 0 Å². The van der Waals surface area contributed by atoms with Gasteiger partial charge in [0, 0.05) is 6.07 Å². The van der Waals surface area contributed by atoms with Crippen molar-refractivity contribution in [2.24, 2.45) is 0 Å². The first-order chi connectivity index (χ1) is 5.15. The number of hydrogen-bond acceptors (Lipinski definition) is 3. The zero-order chi connectivity index (χ0) is 8.43. The van der Waals surface area contributed by atoms with Crippen LogP contribution in [0.2, 0.25) is 5.22 Å². The summed E-state index contributed by atoms with van der Waals surface area (Å²) < 4.78 is 9.37. The molecule has 0 saturated carbocycles. The second kappa shape index (κ2) is 2.96. The van der Waals surface area contributed by atoms with Crippen LogP contribution < -0.4 is 0 Å². The van der Waals surface area contributed by atoms with Gasteiger partial charge in [0.1, 0.15) is 11.3 Å². The molecule has 1 aromatic rings. The van der Waals surface area contributed by atoms with Crippen LogP contribution in [0.4, 0.5) is 0 Å². The van der Waals surface area contributed by atoms with Crippen LogP contribution in [0.15, 0.2) is 10.5 Å². The molecule has 3 nitrogen and oxygen atoms in total. The van der Waals surface area contributed by atoms with Gasteiger partial charge in [0.05, 0.1) is 7.11 Å². The number of carbonyl (C=O) groups excluding carboxylic acids is 1. The molecule has 0 aromatic carbocycles. The van der Waals surface area contributed by atoms with Crippen LogP contribution in [0.5, 0.6) is 0 Å². The summed E-state index contributed by atoms with van der Waals surface area (Å²) in [4.78, 5) is 10.9. The molecule has 0 radical (unpaired) electrons. The van der Waals surface area contributed by atoms with Crippen molar-refractivity contribution in [2.75, 3.05) is 7.11 Å². The molecule has 1 heterocycles. The van der Waals surface area contributed by atoms with Gasteiger partial charge in [-0.2, -0.15) is 0 Å². The molecule has 60 valence electrons. The Labute approximate surface area is 68.9 Å². The summed E-state index contributed by atoms with van der Waals surface area (Å²) in [7, 11) is 1.31. The molecule has 1 rings (SSSR count). The fraction of sp³-hybridized carbons (Fsp3) is 0.286. The predicted molar refractivity (Wildman–Crippen MR) is 39.8 cm³/mol. The first-order valence-corrected chi connectivity index (χ1v) is 3.37. The van der Waals surface area contributed by atoms with Gasteiger partial charge in [-0.1, -0.05) is 0 Å². The number of furan rings is 1. The normalized spacial score (nSPS) is 9.73. The number of rotatable bonds is 1. The van der Waals surface area contributed by atoms with E-state index in [4.69, 9.17) is 16.0 Å². The fourth-order valence-electron chi connectivity index (χ4n) is 0.758. The van der Waals surface area contributed by atoms with Gasteiger partial charge in [-0.05, 0) is 18.5 Å². The molecule has 0 N–H and O–H groups in total. The van der Waals surface area contributed by atoms with E-state index in [1.54, 1.807) is 6.92 Å². The number of aryl methyl sites for hydroxylation is 1. The largest absolute Gasteiger partial charge is 0.465 e. The van der Waals surface area contributed by atoms with Gasteiger partial charge in [-0.3, -0.25) is 0 Å². The molecule has 4 heteroatoms. The second-order valence-corrected chi connectivity index (χ2v) is 2.38. The van der Waals surface area contributed by atoms with E-state index in [0.29, 0.717) is 11.3 Å². The van der Waals surface area contributed by atoms with Gasteiger partial charge in [0.2, 0.25) is 0 Å². The van der Waals surface area contributed by atoms with E-state index < -0.39 is 5.97 Å². The zero-order valence-electron chi connectivity index (χ0n) is 6.18. The van der Waals surface area contributed by atoms with Crippen molar-refractivity contribution in [1.29, 1.82) is 0 Å². The molecule has 0 bridgehead atoms. The molecule has 0 amide bonds. The monoisotopic (exact) mass is 174 g/mol. The average molecular weight is 175 g/mol. The third-order valence-corrected chi connectivity index (χ3v) is 1.48. The average Bonchev–Trinajstić information content (AvgIpc) is 2.28. The Morgan fingerprint density at radius 3 is 2.73 bits per heavy atom. The lowest BCUT2D eigenvalue weighted by Crippen LogP contribution is -2.00. The topological polar surface area (TPSA) is 39.4 Å². The van der Waals surface area contributed by atoms with E-state index >= 15 is 0 Å². The Bertz CT molecular complexity index is 277. The van der Waals surface area contributed by atoms with Crippen molar-refractivity contribution < 1.29 is 13.9 Å². The summed E-state index contributed by atoms with van der Waals surface area (Å²) in [6.07, 6.45) is 0. The number of esters is 1. The van der Waals surface area contributed by atoms with Gasteiger partial charge in [-0.25, -0.2) is 4.79 Å². The van der Waals surface area contributed by atoms with Gasteiger partial charge in [0.25, 0.3) is 0 Å². The number of ether oxygens (including phenoxy) is 1. The van der Waals surface area contributed by atoms with Crippen LogP contribution in [0.25, 0.3) is 0 Å². The maximum absolute atomic E-state index is 10.9. The Morgan fingerprint density at radius 1 is 1.73 bits per heavy atom. The molecule has 1 aromatic heterocycles. The van der Waals surface area contributed by atoms with Crippen LogP contribution in [0.3, 0.4) is 0 Å². The van der Waals surface area contributed by atoms with Crippen molar-refractivity contribution in [2.45, 2.75) is 6.92 Å². The maximum atomic E-state index is 10.9. The Hall–Kier alpha value is -0.960. The summed E-state index contributed by atoms with van der Waals surface area (Å²) in [5, 5.41) is 0.197. The molecule has 0 atom stereocenters. The lowest BCUT2D eigenvalue weighted by molar-refractivity contribution is 0.0599. The van der Waals surface area contributed by atoms with Crippen LogP contribution in [-0.4, -0.2) is 13.1 Å². The molecular formula is C7H7ClO3. The summed E-state index contributed by atoms with van der Waals surface area (Å²) >= 11 is 5.49. The highest BCUT2D eigenvalue weighted by atomic mass is 35.5. The molecule has 0 unspecified atom stereocenters. The molecule has 0 aliphatic carbocycles. The number of methoxy groups -OCH3 is 1. The summed E-state index contributed by atoms with van der Waals surface area (Å²) in [5.74, 6) is 0.0417. The number of halogens is 1. The first-order valence-electron chi connectivity index (χ1n) is 2.99. The third-order valence-electron chi connectivity index (χ3n) is 1.29. The van der Waals surface area contributed by atoms with E-state index in [1.807, 2.05) is 0 Å². The maximum Gasteiger partial charge on any atom is 0.341 e. The second-order valence-electron chi connectivity index (χ2n) is 2.01. The Morgan fingerprint density at radius 2 is 2.36 bits per heavy atom. The summed E-state index contributed by atoms with van der Waals surface area (Å²) in [5.41, 5.74) is 0.373. The quantitative estimate of drug-likeness (QED) is 0.612. The molecule has 0 spiro atoms. The summed E-state index contributed by atoms with van der Waals surface area (Å²) in [6, 6.07) is 1.43. The van der Waals surface area contributed by atoms with E-state index in [9.17, 15) is 4.79 Å². The highest BCUT2D eigenvalue weighted by Crippen LogP contribution is 2.19. The van der Waals surface area contributed by atoms with Gasteiger partial charge in [-0.15, -0.1) is 0 Å².